The van der Waals surface area contributed by atoms with E-state index in [0.717, 1.165) is 17.7 Å². The van der Waals surface area contributed by atoms with Gasteiger partial charge in [0.2, 0.25) is 17.7 Å². The fourth-order valence-corrected chi connectivity index (χ4v) is 5.46. The lowest BCUT2D eigenvalue weighted by Crippen LogP contribution is -2.44. The third-order valence-corrected chi connectivity index (χ3v) is 6.73. The number of amides is 3. The zero-order valence-electron chi connectivity index (χ0n) is 15.0. The lowest BCUT2D eigenvalue weighted by molar-refractivity contribution is -0.140. The van der Waals surface area contributed by atoms with E-state index in [0.29, 0.717) is 11.8 Å². The van der Waals surface area contributed by atoms with Gasteiger partial charge in [-0.25, -0.2) is 0 Å². The maximum absolute atomic E-state index is 13.1. The van der Waals surface area contributed by atoms with Crippen molar-refractivity contribution >= 4 is 23.4 Å². The predicted octanol–water partition coefficient (Wildman–Crippen LogP) is 2.36. The second-order valence-electron chi connectivity index (χ2n) is 8.19. The highest BCUT2D eigenvalue weighted by atomic mass is 16.2. The summed E-state index contributed by atoms with van der Waals surface area (Å²) in [6.07, 6.45) is 5.48. The average molecular weight is 350 g/mol. The van der Waals surface area contributed by atoms with Crippen LogP contribution in [-0.2, 0) is 14.4 Å². The molecule has 1 aromatic carbocycles. The van der Waals surface area contributed by atoms with Crippen molar-refractivity contribution in [1.82, 2.24) is 4.90 Å². The third kappa shape index (κ3) is 2.06. The second-order valence-corrected chi connectivity index (χ2v) is 8.19. The Morgan fingerprint density at radius 2 is 1.73 bits per heavy atom. The van der Waals surface area contributed by atoms with Crippen LogP contribution >= 0.6 is 0 Å². The molecule has 0 unspecified atom stereocenters. The van der Waals surface area contributed by atoms with Crippen LogP contribution in [0.2, 0.25) is 0 Å². The van der Waals surface area contributed by atoms with Crippen LogP contribution in [0.3, 0.4) is 0 Å². The van der Waals surface area contributed by atoms with Crippen LogP contribution < -0.4 is 4.90 Å². The number of rotatable bonds is 3. The van der Waals surface area contributed by atoms with Crippen molar-refractivity contribution in [1.29, 1.82) is 0 Å². The normalized spacial score (nSPS) is 36.2. The highest BCUT2D eigenvalue weighted by molar-refractivity contribution is 6.07. The third-order valence-electron chi connectivity index (χ3n) is 6.73. The number of benzene rings is 1. The van der Waals surface area contributed by atoms with Crippen molar-refractivity contribution < 1.29 is 14.4 Å². The summed E-state index contributed by atoms with van der Waals surface area (Å²) in [4.78, 5) is 41.3. The Morgan fingerprint density at radius 1 is 1.12 bits per heavy atom. The molecule has 2 saturated carbocycles. The molecule has 2 bridgehead atoms. The Morgan fingerprint density at radius 3 is 2.27 bits per heavy atom. The fourth-order valence-electron chi connectivity index (χ4n) is 5.46. The number of carbonyl (C=O) groups is 3. The van der Waals surface area contributed by atoms with Gasteiger partial charge in [-0.1, -0.05) is 24.3 Å². The number of hydrogen-bond donors (Lipinski definition) is 0. The molecule has 5 heteroatoms. The van der Waals surface area contributed by atoms with Crippen molar-refractivity contribution in [3.63, 3.8) is 0 Å². The van der Waals surface area contributed by atoms with Gasteiger partial charge < -0.3 is 0 Å². The molecule has 0 spiro atoms. The van der Waals surface area contributed by atoms with Crippen LogP contribution in [-0.4, -0.2) is 29.3 Å². The summed E-state index contributed by atoms with van der Waals surface area (Å²) in [5.41, 5.74) is 1.75. The maximum Gasteiger partial charge on any atom is 0.235 e. The number of carbonyl (C=O) groups excluding carboxylic acids is 3. The van der Waals surface area contributed by atoms with Gasteiger partial charge in [0.25, 0.3) is 0 Å². The molecule has 1 aliphatic heterocycles. The number of imide groups is 1. The van der Waals surface area contributed by atoms with Gasteiger partial charge in [0.15, 0.2) is 0 Å². The van der Waals surface area contributed by atoms with E-state index in [1.807, 2.05) is 31.2 Å². The smallest absolute Gasteiger partial charge is 0.235 e. The Hall–Kier alpha value is -2.43. The van der Waals surface area contributed by atoms with Crippen molar-refractivity contribution in [2.75, 3.05) is 11.6 Å². The molecule has 6 atom stereocenters. The summed E-state index contributed by atoms with van der Waals surface area (Å²) in [5, 5.41) is 0. The molecule has 26 heavy (non-hydrogen) atoms. The first kappa shape index (κ1) is 15.8. The number of nitrogens with zero attached hydrogens (tertiary/aromatic N) is 2. The van der Waals surface area contributed by atoms with E-state index in [1.54, 1.807) is 0 Å². The lowest BCUT2D eigenvalue weighted by atomic mass is 9.63. The number of aryl methyl sites for hydroxylation is 1. The Balaban J connectivity index is 1.45. The Kier molecular flexibility index (Phi) is 3.21. The van der Waals surface area contributed by atoms with E-state index < -0.39 is 0 Å². The molecule has 1 heterocycles. The monoisotopic (exact) mass is 350 g/mol. The van der Waals surface area contributed by atoms with Crippen LogP contribution in [0.25, 0.3) is 0 Å². The minimum atomic E-state index is -0.215. The van der Waals surface area contributed by atoms with Gasteiger partial charge in [0.1, 0.15) is 6.67 Å². The molecule has 6 rings (SSSR count). The molecule has 4 aliphatic carbocycles. The number of hydrogen-bond acceptors (Lipinski definition) is 3. The van der Waals surface area contributed by atoms with Crippen molar-refractivity contribution in [3.05, 3.63) is 42.0 Å². The first-order valence-corrected chi connectivity index (χ1v) is 9.35. The van der Waals surface area contributed by atoms with Crippen molar-refractivity contribution in [3.8, 4) is 0 Å². The summed E-state index contributed by atoms with van der Waals surface area (Å²) in [7, 11) is 0. The summed E-state index contributed by atoms with van der Waals surface area (Å²) >= 11 is 0. The minimum absolute atomic E-state index is 0.0121. The minimum Gasteiger partial charge on any atom is -0.294 e. The lowest BCUT2D eigenvalue weighted by Gasteiger charge is -2.37. The van der Waals surface area contributed by atoms with Crippen molar-refractivity contribution in [2.24, 2.45) is 35.5 Å². The van der Waals surface area contributed by atoms with Gasteiger partial charge in [0.05, 0.1) is 11.8 Å². The summed E-state index contributed by atoms with van der Waals surface area (Å²) < 4.78 is 0. The maximum atomic E-state index is 13.1. The highest BCUT2D eigenvalue weighted by Gasteiger charge is 2.67. The van der Waals surface area contributed by atoms with E-state index in [4.69, 9.17) is 0 Å². The van der Waals surface area contributed by atoms with Crippen LogP contribution in [0, 0.1) is 42.4 Å². The first-order valence-electron chi connectivity index (χ1n) is 9.35. The van der Waals surface area contributed by atoms with Gasteiger partial charge >= 0.3 is 0 Å². The molecule has 1 aromatic rings. The highest BCUT2D eigenvalue weighted by Crippen LogP contribution is 2.65. The van der Waals surface area contributed by atoms with E-state index >= 15 is 0 Å². The van der Waals surface area contributed by atoms with Crippen LogP contribution in [0.4, 0.5) is 5.69 Å². The van der Waals surface area contributed by atoms with E-state index in [9.17, 15) is 14.4 Å². The number of likely N-dealkylation sites (tertiary alicyclic amines) is 1. The van der Waals surface area contributed by atoms with Gasteiger partial charge in [-0.15, -0.1) is 0 Å². The summed E-state index contributed by atoms with van der Waals surface area (Å²) in [6, 6.07) is 7.58. The van der Waals surface area contributed by atoms with Crippen LogP contribution in [0.5, 0.6) is 0 Å². The number of anilines is 1. The molecule has 1 saturated heterocycles. The first-order chi connectivity index (χ1) is 12.5. The predicted molar refractivity (Wildman–Crippen MR) is 95.8 cm³/mol. The molecule has 3 amide bonds. The second kappa shape index (κ2) is 5.29. The molecule has 0 N–H and O–H groups in total. The van der Waals surface area contributed by atoms with Crippen molar-refractivity contribution in [2.45, 2.75) is 20.3 Å². The molecule has 5 nitrogen and oxygen atoms in total. The number of allylic oxidation sites excluding steroid dienone is 2. The standard InChI is InChI=1S/C21H22N2O3/c1-11-4-3-5-13(8-11)22(12(2)24)10-23-20(25)18-14-6-7-15(17-9-16(14)17)19(18)21(23)26/h3-8,14-19H,9-10H2,1-2H3/t14-,15-,16-,17+,18+,19+/m1/s1. The SMILES string of the molecule is CC(=O)N(CN1C(=O)[C@H]2[C@@H]3C=C[C@H]([C@@H]4C[C@H]34)[C@@H]2C1=O)c1cccc(C)c1. The fraction of sp³-hybridized carbons (Fsp3) is 0.476. The van der Waals surface area contributed by atoms with Gasteiger partial charge in [-0.2, -0.15) is 0 Å². The zero-order chi connectivity index (χ0) is 18.2. The molecule has 134 valence electrons. The average Bonchev–Trinajstić information content (AvgIpc) is 3.39. The van der Waals surface area contributed by atoms with E-state index in [-0.39, 0.29) is 48.1 Å². The largest absolute Gasteiger partial charge is 0.294 e. The van der Waals surface area contributed by atoms with Gasteiger partial charge in [-0.05, 0) is 54.7 Å². The summed E-state index contributed by atoms with van der Waals surface area (Å²) in [5.74, 6) is 0.803. The van der Waals surface area contributed by atoms with Crippen LogP contribution in [0.1, 0.15) is 18.9 Å². The molecular weight excluding hydrogens is 328 g/mol. The quantitative estimate of drug-likeness (QED) is 0.621. The molecule has 0 radical (unpaired) electrons. The molecule has 3 fully saturated rings. The summed E-state index contributed by atoms with van der Waals surface area (Å²) in [6.45, 7) is 3.44. The molecule has 5 aliphatic rings. The van der Waals surface area contributed by atoms with E-state index in [2.05, 4.69) is 12.2 Å². The van der Waals surface area contributed by atoms with Gasteiger partial charge in [0, 0.05) is 12.6 Å². The molecule has 0 aromatic heterocycles. The Labute approximate surface area is 152 Å². The molecular formula is C21H22N2O3. The van der Waals surface area contributed by atoms with Crippen LogP contribution in [0.15, 0.2) is 36.4 Å². The zero-order valence-corrected chi connectivity index (χ0v) is 15.0. The topological polar surface area (TPSA) is 57.7 Å². The van der Waals surface area contributed by atoms with E-state index in [1.165, 1.54) is 16.7 Å². The van der Waals surface area contributed by atoms with Gasteiger partial charge in [-0.3, -0.25) is 24.2 Å². The Bertz CT molecular complexity index is 825.